The number of morpholine rings is 1. The monoisotopic (exact) mass is 448 g/mol. The van der Waals surface area contributed by atoms with E-state index in [1.807, 2.05) is 0 Å². The molecule has 4 rings (SSSR count). The molecule has 0 aliphatic carbocycles. The Morgan fingerprint density at radius 2 is 1.97 bits per heavy atom. The number of aromatic amines is 1. The third-order valence-electron chi connectivity index (χ3n) is 5.20. The maximum Gasteiger partial charge on any atom is 0.270 e. The number of anilines is 1. The Labute approximate surface area is 178 Å². The first kappa shape index (κ1) is 21.2. The van der Waals surface area contributed by atoms with E-state index in [0.717, 1.165) is 17.0 Å². The third-order valence-corrected chi connectivity index (χ3v) is 7.14. The number of nitro benzene ring substituents is 1. The molecule has 0 spiro atoms. The minimum atomic E-state index is -3.93. The SMILES string of the molecule is O=[N+]([O-])c1ccc(NCCc2c[nH]c3cc(F)ccc23)c(S(=O)(=O)N2CCOCC2)c1. The molecule has 31 heavy (non-hydrogen) atoms. The predicted molar refractivity (Wildman–Crippen MR) is 113 cm³/mol. The van der Waals surface area contributed by atoms with Crippen LogP contribution < -0.4 is 5.32 Å². The van der Waals surface area contributed by atoms with Crippen LogP contribution >= 0.6 is 0 Å². The molecule has 1 aliphatic rings. The van der Waals surface area contributed by atoms with Crippen molar-refractivity contribution in [2.24, 2.45) is 0 Å². The van der Waals surface area contributed by atoms with Crippen LogP contribution in [-0.4, -0.2) is 55.5 Å². The Hall–Kier alpha value is -3.02. The van der Waals surface area contributed by atoms with Gasteiger partial charge in [0.2, 0.25) is 10.0 Å². The smallest absolute Gasteiger partial charge is 0.270 e. The molecule has 3 aromatic rings. The number of benzene rings is 2. The number of halogens is 1. The van der Waals surface area contributed by atoms with Crippen molar-refractivity contribution in [2.75, 3.05) is 38.2 Å². The second-order valence-electron chi connectivity index (χ2n) is 7.13. The summed E-state index contributed by atoms with van der Waals surface area (Å²) in [5.74, 6) is -0.331. The number of ether oxygens (including phenoxy) is 1. The summed E-state index contributed by atoms with van der Waals surface area (Å²) in [6, 6.07) is 8.26. The number of hydrogen-bond acceptors (Lipinski definition) is 6. The van der Waals surface area contributed by atoms with Gasteiger partial charge in [-0.25, -0.2) is 12.8 Å². The van der Waals surface area contributed by atoms with Gasteiger partial charge in [-0.05, 0) is 36.2 Å². The molecule has 164 valence electrons. The molecule has 2 N–H and O–H groups in total. The Balaban J connectivity index is 1.57. The number of H-pyrrole nitrogens is 1. The summed E-state index contributed by atoms with van der Waals surface area (Å²) < 4.78 is 46.2. The highest BCUT2D eigenvalue weighted by Crippen LogP contribution is 2.30. The summed E-state index contributed by atoms with van der Waals surface area (Å²) in [4.78, 5) is 13.5. The van der Waals surface area contributed by atoms with Crippen molar-refractivity contribution in [2.45, 2.75) is 11.3 Å². The molecule has 0 amide bonds. The van der Waals surface area contributed by atoms with Crippen molar-refractivity contribution in [3.05, 3.63) is 64.1 Å². The number of nitrogens with one attached hydrogen (secondary N) is 2. The van der Waals surface area contributed by atoms with Crippen LogP contribution in [0.3, 0.4) is 0 Å². The Bertz CT molecular complexity index is 1220. The fourth-order valence-electron chi connectivity index (χ4n) is 3.61. The molecule has 1 aliphatic heterocycles. The molecule has 0 saturated carbocycles. The van der Waals surface area contributed by atoms with Gasteiger partial charge in [-0.15, -0.1) is 0 Å². The summed E-state index contributed by atoms with van der Waals surface area (Å²) >= 11 is 0. The number of nitro groups is 1. The van der Waals surface area contributed by atoms with Gasteiger partial charge < -0.3 is 15.0 Å². The van der Waals surface area contributed by atoms with Crippen molar-refractivity contribution < 1.29 is 22.5 Å². The number of aromatic nitrogens is 1. The summed E-state index contributed by atoms with van der Waals surface area (Å²) in [6.07, 6.45) is 2.33. The van der Waals surface area contributed by atoms with E-state index < -0.39 is 14.9 Å². The maximum atomic E-state index is 13.4. The van der Waals surface area contributed by atoms with Crippen molar-refractivity contribution in [3.63, 3.8) is 0 Å². The van der Waals surface area contributed by atoms with Crippen LogP contribution in [0, 0.1) is 15.9 Å². The Morgan fingerprint density at radius 3 is 2.71 bits per heavy atom. The average molecular weight is 448 g/mol. The molecule has 1 saturated heterocycles. The highest BCUT2D eigenvalue weighted by atomic mass is 32.2. The van der Waals surface area contributed by atoms with Gasteiger partial charge in [0.25, 0.3) is 5.69 Å². The van der Waals surface area contributed by atoms with Gasteiger partial charge in [-0.2, -0.15) is 4.31 Å². The minimum absolute atomic E-state index is 0.135. The van der Waals surface area contributed by atoms with Crippen LogP contribution in [0.5, 0.6) is 0 Å². The summed E-state index contributed by atoms with van der Waals surface area (Å²) in [5, 5.41) is 15.2. The number of rotatable bonds is 7. The second kappa shape index (κ2) is 8.61. The largest absolute Gasteiger partial charge is 0.384 e. The highest BCUT2D eigenvalue weighted by molar-refractivity contribution is 7.89. The summed E-state index contributed by atoms with van der Waals surface area (Å²) in [5.41, 5.74) is 1.63. The molecule has 1 fully saturated rings. The lowest BCUT2D eigenvalue weighted by Gasteiger charge is -2.27. The van der Waals surface area contributed by atoms with Crippen LogP contribution in [-0.2, 0) is 21.2 Å². The first-order chi connectivity index (χ1) is 14.9. The van der Waals surface area contributed by atoms with Crippen LogP contribution in [0.2, 0.25) is 0 Å². The zero-order valence-corrected chi connectivity index (χ0v) is 17.3. The number of sulfonamides is 1. The number of non-ortho nitro benzene ring substituents is 1. The van der Waals surface area contributed by atoms with E-state index in [0.29, 0.717) is 24.2 Å². The highest BCUT2D eigenvalue weighted by Gasteiger charge is 2.30. The molecular weight excluding hydrogens is 427 g/mol. The average Bonchev–Trinajstić information content (AvgIpc) is 3.16. The fourth-order valence-corrected chi connectivity index (χ4v) is 5.20. The van der Waals surface area contributed by atoms with E-state index in [9.17, 15) is 22.9 Å². The van der Waals surface area contributed by atoms with E-state index in [-0.39, 0.29) is 42.7 Å². The maximum absolute atomic E-state index is 13.4. The lowest BCUT2D eigenvalue weighted by atomic mass is 10.1. The van der Waals surface area contributed by atoms with Gasteiger partial charge in [0.05, 0.1) is 23.8 Å². The van der Waals surface area contributed by atoms with E-state index in [1.54, 1.807) is 12.3 Å². The van der Waals surface area contributed by atoms with Crippen LogP contribution in [0.1, 0.15) is 5.56 Å². The molecule has 0 bridgehead atoms. The van der Waals surface area contributed by atoms with E-state index >= 15 is 0 Å². The Kier molecular flexibility index (Phi) is 5.90. The number of hydrogen-bond donors (Lipinski definition) is 2. The van der Waals surface area contributed by atoms with Gasteiger partial charge in [-0.3, -0.25) is 10.1 Å². The van der Waals surface area contributed by atoms with Crippen LogP contribution in [0.25, 0.3) is 10.9 Å². The summed E-state index contributed by atoms with van der Waals surface area (Å²) in [7, 11) is -3.93. The Morgan fingerprint density at radius 1 is 1.19 bits per heavy atom. The number of nitrogens with zero attached hydrogens (tertiary/aromatic N) is 2. The quantitative estimate of drug-likeness (QED) is 0.424. The molecule has 11 heteroatoms. The lowest BCUT2D eigenvalue weighted by Crippen LogP contribution is -2.40. The zero-order chi connectivity index (χ0) is 22.0. The molecule has 0 radical (unpaired) electrons. The first-order valence-corrected chi connectivity index (χ1v) is 11.2. The fraction of sp³-hybridized carbons (Fsp3) is 0.300. The predicted octanol–water partition coefficient (Wildman–Crippen LogP) is 2.89. The van der Waals surface area contributed by atoms with Gasteiger partial charge in [0.15, 0.2) is 0 Å². The number of fused-ring (bicyclic) bond motifs is 1. The van der Waals surface area contributed by atoms with E-state index in [4.69, 9.17) is 4.74 Å². The van der Waals surface area contributed by atoms with Crippen molar-refractivity contribution in [1.82, 2.24) is 9.29 Å². The molecule has 2 heterocycles. The van der Waals surface area contributed by atoms with Crippen LogP contribution in [0.15, 0.2) is 47.5 Å². The van der Waals surface area contributed by atoms with Crippen molar-refractivity contribution >= 4 is 32.3 Å². The summed E-state index contributed by atoms with van der Waals surface area (Å²) in [6.45, 7) is 1.32. The molecule has 1 aromatic heterocycles. The second-order valence-corrected chi connectivity index (χ2v) is 9.04. The standard InChI is InChI=1S/C20H21FN4O5S/c21-15-1-3-17-14(13-23-19(17)11-15)5-6-22-18-4-2-16(25(26)27)12-20(18)31(28,29)24-7-9-30-10-8-24/h1-4,11-13,22-23H,5-10H2. The molecule has 0 unspecified atom stereocenters. The molecule has 9 nitrogen and oxygen atoms in total. The molecule has 2 aromatic carbocycles. The first-order valence-electron chi connectivity index (χ1n) is 9.72. The van der Waals surface area contributed by atoms with E-state index in [2.05, 4.69) is 10.3 Å². The molecular formula is C20H21FN4O5S. The topological polar surface area (TPSA) is 118 Å². The van der Waals surface area contributed by atoms with Gasteiger partial charge in [-0.1, -0.05) is 0 Å². The molecule has 0 atom stereocenters. The van der Waals surface area contributed by atoms with E-state index in [1.165, 1.54) is 28.6 Å². The zero-order valence-electron chi connectivity index (χ0n) is 16.5. The van der Waals surface area contributed by atoms with Crippen molar-refractivity contribution in [3.8, 4) is 0 Å². The van der Waals surface area contributed by atoms with Gasteiger partial charge in [0, 0.05) is 48.9 Å². The van der Waals surface area contributed by atoms with Gasteiger partial charge in [0.1, 0.15) is 10.7 Å². The third kappa shape index (κ3) is 4.38. The minimum Gasteiger partial charge on any atom is -0.384 e. The normalized spacial score (nSPS) is 15.3. The van der Waals surface area contributed by atoms with Crippen LogP contribution in [0.4, 0.5) is 15.8 Å². The lowest BCUT2D eigenvalue weighted by molar-refractivity contribution is -0.385. The van der Waals surface area contributed by atoms with Crippen molar-refractivity contribution in [1.29, 1.82) is 0 Å². The van der Waals surface area contributed by atoms with Gasteiger partial charge >= 0.3 is 0 Å².